The zero-order chi connectivity index (χ0) is 14.5. The molecule has 1 atom stereocenters. The van der Waals surface area contributed by atoms with E-state index in [-0.39, 0.29) is 11.9 Å². The van der Waals surface area contributed by atoms with Crippen molar-refractivity contribution in [3.05, 3.63) is 53.5 Å². The first-order chi connectivity index (χ1) is 9.60. The number of aryl methyl sites for hydroxylation is 1. The van der Waals surface area contributed by atoms with E-state index in [0.717, 1.165) is 17.0 Å². The molecule has 0 fully saturated rings. The molecular formula is C16H20N2O2. The van der Waals surface area contributed by atoms with E-state index in [2.05, 4.69) is 10.6 Å². The third-order valence-corrected chi connectivity index (χ3v) is 3.15. The zero-order valence-corrected chi connectivity index (χ0v) is 12.1. The molecule has 1 aromatic carbocycles. The van der Waals surface area contributed by atoms with Crippen molar-refractivity contribution in [3.8, 4) is 0 Å². The van der Waals surface area contributed by atoms with Crippen LogP contribution in [0.15, 0.2) is 41.0 Å². The molecular weight excluding hydrogens is 252 g/mol. The summed E-state index contributed by atoms with van der Waals surface area (Å²) in [5, 5.41) is 6.05. The number of furan rings is 1. The molecule has 0 saturated carbocycles. The van der Waals surface area contributed by atoms with Crippen LogP contribution in [0.1, 0.15) is 28.6 Å². The smallest absolute Gasteiger partial charge is 0.253 e. The van der Waals surface area contributed by atoms with Crippen LogP contribution in [0.2, 0.25) is 0 Å². The molecule has 2 N–H and O–H groups in total. The lowest BCUT2D eigenvalue weighted by atomic mass is 10.1. The predicted octanol–water partition coefficient (Wildman–Crippen LogP) is 2.99. The van der Waals surface area contributed by atoms with Crippen LogP contribution in [-0.2, 0) is 6.42 Å². The van der Waals surface area contributed by atoms with Crippen LogP contribution < -0.4 is 10.6 Å². The maximum atomic E-state index is 12.3. The van der Waals surface area contributed by atoms with Crippen LogP contribution >= 0.6 is 0 Å². The number of hydrogen-bond acceptors (Lipinski definition) is 3. The molecule has 0 aliphatic carbocycles. The summed E-state index contributed by atoms with van der Waals surface area (Å²) in [7, 11) is 1.82. The van der Waals surface area contributed by atoms with Gasteiger partial charge in [0.15, 0.2) is 0 Å². The minimum atomic E-state index is -0.0755. The molecule has 0 aliphatic heterocycles. The summed E-state index contributed by atoms with van der Waals surface area (Å²) >= 11 is 0. The highest BCUT2D eigenvalue weighted by atomic mass is 16.3. The van der Waals surface area contributed by atoms with Crippen LogP contribution in [0.25, 0.3) is 0 Å². The van der Waals surface area contributed by atoms with Gasteiger partial charge in [0.1, 0.15) is 5.76 Å². The van der Waals surface area contributed by atoms with Crippen molar-refractivity contribution in [2.75, 3.05) is 12.4 Å². The van der Waals surface area contributed by atoms with Crippen LogP contribution in [0, 0.1) is 6.92 Å². The minimum Gasteiger partial charge on any atom is -0.469 e. The van der Waals surface area contributed by atoms with Gasteiger partial charge >= 0.3 is 0 Å². The van der Waals surface area contributed by atoms with Crippen molar-refractivity contribution in [3.63, 3.8) is 0 Å². The van der Waals surface area contributed by atoms with E-state index in [0.29, 0.717) is 12.0 Å². The van der Waals surface area contributed by atoms with E-state index < -0.39 is 0 Å². The van der Waals surface area contributed by atoms with Crippen LogP contribution in [0.5, 0.6) is 0 Å². The molecule has 0 saturated heterocycles. The lowest BCUT2D eigenvalue weighted by Crippen LogP contribution is -2.34. The highest BCUT2D eigenvalue weighted by Crippen LogP contribution is 2.17. The summed E-state index contributed by atoms with van der Waals surface area (Å²) in [4.78, 5) is 12.3. The van der Waals surface area contributed by atoms with Crippen molar-refractivity contribution in [2.24, 2.45) is 0 Å². The summed E-state index contributed by atoms with van der Waals surface area (Å²) in [6.07, 6.45) is 2.32. The lowest BCUT2D eigenvalue weighted by Gasteiger charge is -2.15. The van der Waals surface area contributed by atoms with Crippen LogP contribution in [0.4, 0.5) is 5.69 Å². The fourth-order valence-electron chi connectivity index (χ4n) is 2.15. The number of amides is 1. The average molecular weight is 272 g/mol. The van der Waals surface area contributed by atoms with Gasteiger partial charge < -0.3 is 15.1 Å². The Bertz CT molecular complexity index is 576. The summed E-state index contributed by atoms with van der Waals surface area (Å²) in [5.41, 5.74) is 2.62. The van der Waals surface area contributed by atoms with Gasteiger partial charge in [-0.1, -0.05) is 6.07 Å². The zero-order valence-electron chi connectivity index (χ0n) is 12.1. The summed E-state index contributed by atoms with van der Waals surface area (Å²) < 4.78 is 5.29. The van der Waals surface area contributed by atoms with Gasteiger partial charge in [-0.05, 0) is 43.7 Å². The number of rotatable bonds is 5. The molecule has 1 amide bonds. The molecule has 0 bridgehead atoms. The Kier molecular flexibility index (Phi) is 4.45. The van der Waals surface area contributed by atoms with E-state index in [9.17, 15) is 4.79 Å². The van der Waals surface area contributed by atoms with Gasteiger partial charge in [-0.3, -0.25) is 4.79 Å². The molecule has 0 radical (unpaired) electrons. The van der Waals surface area contributed by atoms with Gasteiger partial charge in [0, 0.05) is 25.2 Å². The topological polar surface area (TPSA) is 54.3 Å². The van der Waals surface area contributed by atoms with Gasteiger partial charge in [-0.15, -0.1) is 0 Å². The Balaban J connectivity index is 2.04. The first kappa shape index (κ1) is 14.2. The van der Waals surface area contributed by atoms with Crippen molar-refractivity contribution in [1.29, 1.82) is 0 Å². The van der Waals surface area contributed by atoms with E-state index in [1.807, 2.05) is 51.2 Å². The Morgan fingerprint density at radius 1 is 1.35 bits per heavy atom. The molecule has 20 heavy (non-hydrogen) atoms. The Morgan fingerprint density at radius 2 is 2.15 bits per heavy atom. The summed E-state index contributed by atoms with van der Waals surface area (Å²) in [5.74, 6) is 0.795. The standard InChI is InChI=1S/C16H20N2O2/c1-11-6-7-14(15(9-11)17-3)16(19)18-12(2)10-13-5-4-8-20-13/h4-9,12,17H,10H2,1-3H3,(H,18,19). The molecule has 1 unspecified atom stereocenters. The van der Waals surface area contributed by atoms with Gasteiger partial charge in [0.25, 0.3) is 5.91 Å². The normalized spacial score (nSPS) is 11.9. The molecule has 0 aliphatic rings. The summed E-state index contributed by atoms with van der Waals surface area (Å²) in [6, 6.07) is 9.52. The third kappa shape index (κ3) is 3.41. The van der Waals surface area contributed by atoms with Crippen LogP contribution in [-0.4, -0.2) is 19.0 Å². The molecule has 4 heteroatoms. The van der Waals surface area contributed by atoms with E-state index in [4.69, 9.17) is 4.42 Å². The van der Waals surface area contributed by atoms with E-state index >= 15 is 0 Å². The maximum Gasteiger partial charge on any atom is 0.253 e. The molecule has 1 aromatic heterocycles. The Labute approximate surface area is 119 Å². The number of anilines is 1. The average Bonchev–Trinajstić information content (AvgIpc) is 2.90. The number of carbonyl (C=O) groups is 1. The fraction of sp³-hybridized carbons (Fsp3) is 0.312. The first-order valence-corrected chi connectivity index (χ1v) is 6.72. The number of benzene rings is 1. The minimum absolute atomic E-state index is 0.0136. The van der Waals surface area contributed by atoms with Gasteiger partial charge in [-0.2, -0.15) is 0 Å². The monoisotopic (exact) mass is 272 g/mol. The Morgan fingerprint density at radius 3 is 2.80 bits per heavy atom. The van der Waals surface area contributed by atoms with Crippen molar-refractivity contribution >= 4 is 11.6 Å². The molecule has 2 aromatic rings. The van der Waals surface area contributed by atoms with Gasteiger partial charge in [0.2, 0.25) is 0 Å². The highest BCUT2D eigenvalue weighted by molar-refractivity contribution is 5.99. The summed E-state index contributed by atoms with van der Waals surface area (Å²) in [6.45, 7) is 3.97. The molecule has 4 nitrogen and oxygen atoms in total. The van der Waals surface area contributed by atoms with Crippen LogP contribution in [0.3, 0.4) is 0 Å². The number of carbonyl (C=O) groups excluding carboxylic acids is 1. The maximum absolute atomic E-state index is 12.3. The quantitative estimate of drug-likeness (QED) is 0.879. The van der Waals surface area contributed by atoms with Crippen molar-refractivity contribution in [1.82, 2.24) is 5.32 Å². The predicted molar refractivity (Wildman–Crippen MR) is 80.1 cm³/mol. The second-order valence-corrected chi connectivity index (χ2v) is 4.96. The van der Waals surface area contributed by atoms with Gasteiger partial charge in [-0.25, -0.2) is 0 Å². The van der Waals surface area contributed by atoms with Crippen molar-refractivity contribution < 1.29 is 9.21 Å². The second-order valence-electron chi connectivity index (χ2n) is 4.96. The molecule has 1 heterocycles. The second kappa shape index (κ2) is 6.28. The third-order valence-electron chi connectivity index (χ3n) is 3.15. The molecule has 106 valence electrons. The molecule has 0 spiro atoms. The number of hydrogen-bond donors (Lipinski definition) is 2. The lowest BCUT2D eigenvalue weighted by molar-refractivity contribution is 0.0940. The molecule has 2 rings (SSSR count). The largest absolute Gasteiger partial charge is 0.469 e. The van der Waals surface area contributed by atoms with E-state index in [1.165, 1.54) is 0 Å². The highest BCUT2D eigenvalue weighted by Gasteiger charge is 2.14. The SMILES string of the molecule is CNc1cc(C)ccc1C(=O)NC(C)Cc1ccco1. The van der Waals surface area contributed by atoms with Crippen molar-refractivity contribution in [2.45, 2.75) is 26.3 Å². The van der Waals surface area contributed by atoms with Gasteiger partial charge in [0.05, 0.1) is 11.8 Å². The fourth-order valence-corrected chi connectivity index (χ4v) is 2.15. The Hall–Kier alpha value is -2.23. The first-order valence-electron chi connectivity index (χ1n) is 6.72. The van der Waals surface area contributed by atoms with E-state index in [1.54, 1.807) is 6.26 Å². The number of nitrogens with one attached hydrogen (secondary N) is 2.